The summed E-state index contributed by atoms with van der Waals surface area (Å²) < 4.78 is 13.4. The lowest BCUT2D eigenvalue weighted by atomic mass is 10.1. The molecule has 3 heteroatoms. The molecule has 0 aliphatic rings. The van der Waals surface area contributed by atoms with Gasteiger partial charge >= 0.3 is 0 Å². The Balaban J connectivity index is 2.35. The smallest absolute Gasteiger partial charge is 0.131 e. The molecule has 0 saturated heterocycles. The van der Waals surface area contributed by atoms with Crippen molar-refractivity contribution in [2.45, 2.75) is 6.42 Å². The van der Waals surface area contributed by atoms with Crippen LogP contribution >= 0.6 is 0 Å². The zero-order valence-electron chi connectivity index (χ0n) is 8.56. The number of halogens is 1. The second-order valence-electron chi connectivity index (χ2n) is 3.39. The first-order valence-corrected chi connectivity index (χ1v) is 4.95. The van der Waals surface area contributed by atoms with Crippen molar-refractivity contribution in [3.05, 3.63) is 54.1 Å². The standard InChI is InChI=1S/C13H10FNO/c14-13-4-2-1-3-12(13)10-5-6-11(7-8-16)15-9-10/h1-6,8-9H,7H2. The van der Waals surface area contributed by atoms with Crippen LogP contribution in [0.4, 0.5) is 4.39 Å². The van der Waals surface area contributed by atoms with Crippen molar-refractivity contribution in [3.8, 4) is 11.1 Å². The molecule has 1 heterocycles. The summed E-state index contributed by atoms with van der Waals surface area (Å²) in [6, 6.07) is 10.0. The number of nitrogens with zero attached hydrogens (tertiary/aromatic N) is 1. The molecule has 2 nitrogen and oxygen atoms in total. The third-order valence-corrected chi connectivity index (χ3v) is 2.30. The van der Waals surface area contributed by atoms with Crippen LogP contribution in [0.15, 0.2) is 42.6 Å². The number of aldehydes is 1. The van der Waals surface area contributed by atoms with Gasteiger partial charge in [0, 0.05) is 29.4 Å². The third kappa shape index (κ3) is 2.14. The molecule has 0 fully saturated rings. The van der Waals surface area contributed by atoms with Crippen LogP contribution in [0.1, 0.15) is 5.69 Å². The Hall–Kier alpha value is -2.03. The van der Waals surface area contributed by atoms with E-state index in [4.69, 9.17) is 0 Å². The van der Waals surface area contributed by atoms with Crippen molar-refractivity contribution in [1.29, 1.82) is 0 Å². The number of hydrogen-bond donors (Lipinski definition) is 0. The highest BCUT2D eigenvalue weighted by atomic mass is 19.1. The van der Waals surface area contributed by atoms with Gasteiger partial charge in [-0.25, -0.2) is 4.39 Å². The van der Waals surface area contributed by atoms with Crippen LogP contribution in [0.5, 0.6) is 0 Å². The third-order valence-electron chi connectivity index (χ3n) is 2.30. The first-order chi connectivity index (χ1) is 7.81. The maximum atomic E-state index is 13.4. The molecule has 0 spiro atoms. The van der Waals surface area contributed by atoms with Gasteiger partial charge in [0.2, 0.25) is 0 Å². The van der Waals surface area contributed by atoms with E-state index in [9.17, 15) is 9.18 Å². The molecule has 80 valence electrons. The second kappa shape index (κ2) is 4.66. The molecule has 1 aromatic heterocycles. The normalized spacial score (nSPS) is 10.1. The van der Waals surface area contributed by atoms with Crippen LogP contribution in [0.2, 0.25) is 0 Å². The van der Waals surface area contributed by atoms with Gasteiger partial charge in [-0.2, -0.15) is 0 Å². The zero-order valence-corrected chi connectivity index (χ0v) is 8.56. The molecule has 0 unspecified atom stereocenters. The fourth-order valence-corrected chi connectivity index (χ4v) is 1.49. The van der Waals surface area contributed by atoms with Crippen LogP contribution in [-0.4, -0.2) is 11.3 Å². The summed E-state index contributed by atoms with van der Waals surface area (Å²) in [5.41, 5.74) is 1.93. The molecular formula is C13H10FNO. The van der Waals surface area contributed by atoms with E-state index in [2.05, 4.69) is 4.98 Å². The Morgan fingerprint density at radius 3 is 2.62 bits per heavy atom. The molecule has 1 aromatic carbocycles. The average molecular weight is 215 g/mol. The van der Waals surface area contributed by atoms with Gasteiger partial charge in [0.15, 0.2) is 0 Å². The van der Waals surface area contributed by atoms with E-state index in [1.807, 2.05) is 0 Å². The van der Waals surface area contributed by atoms with Gasteiger partial charge in [-0.05, 0) is 12.1 Å². The van der Waals surface area contributed by atoms with E-state index in [1.165, 1.54) is 6.07 Å². The highest BCUT2D eigenvalue weighted by Gasteiger charge is 2.03. The number of benzene rings is 1. The average Bonchev–Trinajstić information content (AvgIpc) is 2.31. The van der Waals surface area contributed by atoms with Crippen molar-refractivity contribution >= 4 is 6.29 Å². The minimum Gasteiger partial charge on any atom is -0.303 e. The molecule has 0 aliphatic carbocycles. The molecule has 0 N–H and O–H groups in total. The maximum Gasteiger partial charge on any atom is 0.131 e. The fourth-order valence-electron chi connectivity index (χ4n) is 1.49. The maximum absolute atomic E-state index is 13.4. The largest absolute Gasteiger partial charge is 0.303 e. The summed E-state index contributed by atoms with van der Waals surface area (Å²) in [7, 11) is 0. The van der Waals surface area contributed by atoms with E-state index in [0.717, 1.165) is 6.29 Å². The van der Waals surface area contributed by atoms with Crippen LogP contribution in [0.3, 0.4) is 0 Å². The van der Waals surface area contributed by atoms with Crippen LogP contribution in [0, 0.1) is 5.82 Å². The summed E-state index contributed by atoms with van der Waals surface area (Å²) in [4.78, 5) is 14.4. The van der Waals surface area contributed by atoms with Crippen LogP contribution in [0.25, 0.3) is 11.1 Å². The highest BCUT2D eigenvalue weighted by molar-refractivity contribution is 5.63. The molecule has 2 aromatic rings. The van der Waals surface area contributed by atoms with E-state index < -0.39 is 0 Å². The van der Waals surface area contributed by atoms with Gasteiger partial charge in [-0.1, -0.05) is 24.3 Å². The lowest BCUT2D eigenvalue weighted by Crippen LogP contribution is -1.91. The van der Waals surface area contributed by atoms with Gasteiger partial charge in [0.1, 0.15) is 12.1 Å². The summed E-state index contributed by atoms with van der Waals surface area (Å²) >= 11 is 0. The van der Waals surface area contributed by atoms with E-state index in [0.29, 0.717) is 16.8 Å². The molecule has 2 rings (SSSR count). The van der Waals surface area contributed by atoms with E-state index in [-0.39, 0.29) is 12.2 Å². The van der Waals surface area contributed by atoms with Crippen molar-refractivity contribution in [2.75, 3.05) is 0 Å². The highest BCUT2D eigenvalue weighted by Crippen LogP contribution is 2.21. The van der Waals surface area contributed by atoms with Crippen LogP contribution in [-0.2, 0) is 11.2 Å². The summed E-state index contributed by atoms with van der Waals surface area (Å²) in [5, 5.41) is 0. The van der Waals surface area contributed by atoms with Crippen LogP contribution < -0.4 is 0 Å². The fraction of sp³-hybridized carbons (Fsp3) is 0.0769. The van der Waals surface area contributed by atoms with Crippen molar-refractivity contribution in [1.82, 2.24) is 4.98 Å². The van der Waals surface area contributed by atoms with E-state index >= 15 is 0 Å². The quantitative estimate of drug-likeness (QED) is 0.737. The SMILES string of the molecule is O=CCc1ccc(-c2ccccc2F)cn1. The molecule has 16 heavy (non-hydrogen) atoms. The number of rotatable bonds is 3. The van der Waals surface area contributed by atoms with Crippen molar-refractivity contribution in [2.24, 2.45) is 0 Å². The molecule has 0 aliphatic heterocycles. The number of hydrogen-bond acceptors (Lipinski definition) is 2. The van der Waals surface area contributed by atoms with E-state index in [1.54, 1.807) is 36.5 Å². The first-order valence-electron chi connectivity index (χ1n) is 4.95. The topological polar surface area (TPSA) is 30.0 Å². The monoisotopic (exact) mass is 215 g/mol. The molecule has 0 saturated carbocycles. The lowest BCUT2D eigenvalue weighted by Gasteiger charge is -2.03. The predicted octanol–water partition coefficient (Wildman–Crippen LogP) is 2.63. The minimum atomic E-state index is -0.271. The minimum absolute atomic E-state index is 0.271. The Labute approximate surface area is 92.8 Å². The number of carbonyl (C=O) groups excluding carboxylic acids is 1. The first kappa shape index (κ1) is 10.5. The van der Waals surface area contributed by atoms with Gasteiger partial charge < -0.3 is 4.79 Å². The van der Waals surface area contributed by atoms with Gasteiger partial charge in [0.25, 0.3) is 0 Å². The van der Waals surface area contributed by atoms with Crippen molar-refractivity contribution < 1.29 is 9.18 Å². The van der Waals surface area contributed by atoms with Gasteiger partial charge in [-0.15, -0.1) is 0 Å². The molecule has 0 bridgehead atoms. The number of carbonyl (C=O) groups is 1. The number of pyridine rings is 1. The van der Waals surface area contributed by atoms with Crippen molar-refractivity contribution in [3.63, 3.8) is 0 Å². The Morgan fingerprint density at radius 2 is 2.00 bits per heavy atom. The molecule has 0 radical (unpaired) electrons. The lowest BCUT2D eigenvalue weighted by molar-refractivity contribution is -0.107. The Kier molecular flexibility index (Phi) is 3.05. The molecule has 0 atom stereocenters. The summed E-state index contributed by atoms with van der Waals surface area (Å²) in [6.07, 6.45) is 2.67. The predicted molar refractivity (Wildman–Crippen MR) is 59.4 cm³/mol. The number of aromatic nitrogens is 1. The molecule has 0 amide bonds. The Morgan fingerprint density at radius 1 is 1.19 bits per heavy atom. The summed E-state index contributed by atoms with van der Waals surface area (Å²) in [6.45, 7) is 0. The zero-order chi connectivity index (χ0) is 11.4. The summed E-state index contributed by atoms with van der Waals surface area (Å²) in [5.74, 6) is -0.271. The Bertz CT molecular complexity index is 494. The van der Waals surface area contributed by atoms with Gasteiger partial charge in [-0.3, -0.25) is 4.98 Å². The molecular weight excluding hydrogens is 205 g/mol. The van der Waals surface area contributed by atoms with Gasteiger partial charge in [0.05, 0.1) is 0 Å². The second-order valence-corrected chi connectivity index (χ2v) is 3.39.